The summed E-state index contributed by atoms with van der Waals surface area (Å²) in [5, 5.41) is 1.09. The Morgan fingerprint density at radius 3 is 2.87 bits per heavy atom. The Balaban J connectivity index is 2.52. The molecule has 2 nitrogen and oxygen atoms in total. The predicted molar refractivity (Wildman–Crippen MR) is 61.6 cm³/mol. The second-order valence-electron chi connectivity index (χ2n) is 3.40. The van der Waals surface area contributed by atoms with Crippen molar-refractivity contribution in [1.82, 2.24) is 4.98 Å². The van der Waals surface area contributed by atoms with Crippen LogP contribution in [-0.2, 0) is 4.79 Å². The summed E-state index contributed by atoms with van der Waals surface area (Å²) in [4.78, 5) is 14.6. The van der Waals surface area contributed by atoms with Crippen LogP contribution < -0.4 is 0 Å². The van der Waals surface area contributed by atoms with Crippen molar-refractivity contribution in [3.63, 3.8) is 0 Å². The molecule has 0 N–H and O–H groups in total. The highest BCUT2D eigenvalue weighted by Gasteiger charge is 1.95. The Kier molecular flexibility index (Phi) is 2.59. The molecule has 2 heteroatoms. The summed E-state index contributed by atoms with van der Waals surface area (Å²) in [6.07, 6.45) is 4.05. The summed E-state index contributed by atoms with van der Waals surface area (Å²) in [7, 11) is 0. The molecule has 0 saturated heterocycles. The van der Waals surface area contributed by atoms with E-state index in [-0.39, 0.29) is 0 Å². The Hall–Kier alpha value is -1.96. The van der Waals surface area contributed by atoms with Crippen molar-refractivity contribution in [2.24, 2.45) is 0 Å². The van der Waals surface area contributed by atoms with Crippen LogP contribution in [0.5, 0.6) is 0 Å². The van der Waals surface area contributed by atoms with Crippen molar-refractivity contribution in [2.45, 2.75) is 6.92 Å². The number of hydrogen-bond donors (Lipinski definition) is 0. The molecule has 0 saturated carbocycles. The van der Waals surface area contributed by atoms with Crippen LogP contribution in [0, 0.1) is 6.92 Å². The van der Waals surface area contributed by atoms with Gasteiger partial charge in [0.25, 0.3) is 0 Å². The molecule has 2 aromatic rings. The van der Waals surface area contributed by atoms with Crippen LogP contribution in [0.4, 0.5) is 0 Å². The van der Waals surface area contributed by atoms with E-state index >= 15 is 0 Å². The van der Waals surface area contributed by atoms with Crippen LogP contribution in [0.25, 0.3) is 17.0 Å². The monoisotopic (exact) mass is 197 g/mol. The largest absolute Gasteiger partial charge is 0.299 e. The van der Waals surface area contributed by atoms with E-state index in [1.807, 2.05) is 37.3 Å². The maximum atomic E-state index is 10.2. The van der Waals surface area contributed by atoms with Crippen molar-refractivity contribution in [1.29, 1.82) is 0 Å². The highest BCUT2D eigenvalue weighted by atomic mass is 16.1. The lowest BCUT2D eigenvalue weighted by Crippen LogP contribution is -1.83. The molecule has 0 bridgehead atoms. The molecule has 0 aliphatic rings. The Morgan fingerprint density at radius 2 is 2.07 bits per heavy atom. The molecule has 0 fully saturated rings. The molecule has 0 atom stereocenters. The number of aldehydes is 1. The number of aromatic nitrogens is 1. The fourth-order valence-electron chi connectivity index (χ4n) is 1.50. The maximum Gasteiger partial charge on any atom is 0.142 e. The van der Waals surface area contributed by atoms with E-state index in [2.05, 4.69) is 4.98 Å². The lowest BCUT2D eigenvalue weighted by molar-refractivity contribution is -0.104. The van der Waals surface area contributed by atoms with Gasteiger partial charge in [0.2, 0.25) is 0 Å². The van der Waals surface area contributed by atoms with Crippen molar-refractivity contribution in [2.75, 3.05) is 0 Å². The van der Waals surface area contributed by atoms with E-state index in [9.17, 15) is 4.79 Å². The van der Waals surface area contributed by atoms with Gasteiger partial charge in [-0.1, -0.05) is 18.2 Å². The van der Waals surface area contributed by atoms with E-state index in [4.69, 9.17) is 0 Å². The van der Waals surface area contributed by atoms with Crippen LogP contribution in [0.1, 0.15) is 11.3 Å². The van der Waals surface area contributed by atoms with E-state index in [1.54, 1.807) is 6.08 Å². The number of carbonyl (C=O) groups excluding carboxylic acids is 1. The average molecular weight is 197 g/mol. The maximum absolute atomic E-state index is 10.2. The lowest BCUT2D eigenvalue weighted by atomic mass is 10.1. The van der Waals surface area contributed by atoms with Crippen LogP contribution in [0.3, 0.4) is 0 Å². The minimum atomic E-state index is 0.775. The van der Waals surface area contributed by atoms with Gasteiger partial charge in [-0.25, -0.2) is 0 Å². The first kappa shape index (κ1) is 9.59. The standard InChI is InChI=1S/C13H11NO/c1-10-4-6-12-9-11(3-2-8-15)5-7-13(12)14-10/h2-9H,1H3/b3-2+. The number of carbonyl (C=O) groups is 1. The van der Waals surface area contributed by atoms with Gasteiger partial charge in [0.05, 0.1) is 5.52 Å². The molecule has 0 unspecified atom stereocenters. The predicted octanol–water partition coefficient (Wildman–Crippen LogP) is 2.76. The summed E-state index contributed by atoms with van der Waals surface area (Å²) in [5.74, 6) is 0. The van der Waals surface area contributed by atoms with Gasteiger partial charge >= 0.3 is 0 Å². The van der Waals surface area contributed by atoms with Crippen LogP contribution in [0.15, 0.2) is 36.4 Å². The number of nitrogens with zero attached hydrogens (tertiary/aromatic N) is 1. The molecule has 0 amide bonds. The fourth-order valence-corrected chi connectivity index (χ4v) is 1.50. The molecule has 2 rings (SSSR count). The summed E-state index contributed by atoms with van der Waals surface area (Å²) in [5.41, 5.74) is 3.01. The van der Waals surface area contributed by atoms with Gasteiger partial charge in [0.1, 0.15) is 6.29 Å². The van der Waals surface area contributed by atoms with E-state index in [0.717, 1.165) is 28.4 Å². The van der Waals surface area contributed by atoms with Gasteiger partial charge in [0.15, 0.2) is 0 Å². The van der Waals surface area contributed by atoms with Crippen molar-refractivity contribution >= 4 is 23.3 Å². The third-order valence-corrected chi connectivity index (χ3v) is 2.22. The summed E-state index contributed by atoms with van der Waals surface area (Å²) in [6.45, 7) is 1.97. The van der Waals surface area contributed by atoms with Gasteiger partial charge in [-0.15, -0.1) is 0 Å². The molecule has 0 radical (unpaired) electrons. The average Bonchev–Trinajstić information content (AvgIpc) is 2.26. The van der Waals surface area contributed by atoms with E-state index in [1.165, 1.54) is 6.08 Å². The molecule has 0 spiro atoms. The van der Waals surface area contributed by atoms with E-state index in [0.29, 0.717) is 0 Å². The minimum absolute atomic E-state index is 0.775. The van der Waals surface area contributed by atoms with Crippen LogP contribution in [0.2, 0.25) is 0 Å². The highest BCUT2D eigenvalue weighted by Crippen LogP contribution is 2.15. The molecule has 0 aliphatic heterocycles. The third-order valence-electron chi connectivity index (χ3n) is 2.22. The highest BCUT2D eigenvalue weighted by molar-refractivity contribution is 5.83. The van der Waals surface area contributed by atoms with E-state index < -0.39 is 0 Å². The Morgan fingerprint density at radius 1 is 1.20 bits per heavy atom. The second-order valence-corrected chi connectivity index (χ2v) is 3.40. The molecule has 1 aromatic heterocycles. The molecule has 0 aliphatic carbocycles. The summed E-state index contributed by atoms with van der Waals surface area (Å²) in [6, 6.07) is 9.95. The topological polar surface area (TPSA) is 30.0 Å². The number of fused-ring (bicyclic) bond motifs is 1. The number of rotatable bonds is 2. The van der Waals surface area contributed by atoms with Gasteiger partial charge in [-0.2, -0.15) is 0 Å². The Labute approximate surface area is 88.3 Å². The molecule has 74 valence electrons. The number of benzene rings is 1. The number of allylic oxidation sites excluding steroid dienone is 1. The summed E-state index contributed by atoms with van der Waals surface area (Å²) >= 11 is 0. The van der Waals surface area contributed by atoms with Crippen molar-refractivity contribution in [3.05, 3.63) is 47.7 Å². The zero-order valence-corrected chi connectivity index (χ0v) is 8.47. The number of pyridine rings is 1. The second kappa shape index (κ2) is 4.05. The van der Waals surface area contributed by atoms with Gasteiger partial charge in [-0.05, 0) is 36.8 Å². The number of hydrogen-bond acceptors (Lipinski definition) is 2. The molecule has 15 heavy (non-hydrogen) atoms. The first-order valence-corrected chi connectivity index (χ1v) is 4.79. The third kappa shape index (κ3) is 2.10. The quantitative estimate of drug-likeness (QED) is 0.547. The van der Waals surface area contributed by atoms with Crippen LogP contribution in [-0.4, -0.2) is 11.3 Å². The van der Waals surface area contributed by atoms with Crippen LogP contribution >= 0.6 is 0 Å². The van der Waals surface area contributed by atoms with Gasteiger partial charge in [0, 0.05) is 11.1 Å². The fraction of sp³-hybridized carbons (Fsp3) is 0.0769. The van der Waals surface area contributed by atoms with Crippen molar-refractivity contribution < 1.29 is 4.79 Å². The smallest absolute Gasteiger partial charge is 0.142 e. The molecular formula is C13H11NO. The van der Waals surface area contributed by atoms with Gasteiger partial charge < -0.3 is 0 Å². The molecule has 1 aromatic carbocycles. The SMILES string of the molecule is Cc1ccc2cc(/C=C/C=O)ccc2n1. The minimum Gasteiger partial charge on any atom is -0.299 e. The first-order chi connectivity index (χ1) is 7.29. The zero-order valence-electron chi connectivity index (χ0n) is 8.47. The first-order valence-electron chi connectivity index (χ1n) is 4.79. The number of aryl methyl sites for hydroxylation is 1. The molecule has 1 heterocycles. The summed E-state index contributed by atoms with van der Waals surface area (Å²) < 4.78 is 0. The normalized spacial score (nSPS) is 11.0. The Bertz CT molecular complexity index is 529. The molecular weight excluding hydrogens is 186 g/mol. The van der Waals surface area contributed by atoms with Gasteiger partial charge in [-0.3, -0.25) is 9.78 Å². The lowest BCUT2D eigenvalue weighted by Gasteiger charge is -1.99. The van der Waals surface area contributed by atoms with Crippen molar-refractivity contribution in [3.8, 4) is 0 Å². The zero-order chi connectivity index (χ0) is 10.7.